The molecule has 0 saturated heterocycles. The molecule has 0 spiro atoms. The maximum absolute atomic E-state index is 11.9. The maximum atomic E-state index is 11.9. The van der Waals surface area contributed by atoms with E-state index in [-0.39, 0.29) is 12.0 Å². The molecule has 6 heteroatoms. The first-order valence-electron chi connectivity index (χ1n) is 9.67. The van der Waals surface area contributed by atoms with Gasteiger partial charge in [-0.05, 0) is 64.9 Å². The Bertz CT molecular complexity index is 1200. The molecule has 3 aromatic rings. The molecular formula is C24H18ClNO3S. The number of rotatable bonds is 4. The molecule has 1 aliphatic carbocycles. The fourth-order valence-electron chi connectivity index (χ4n) is 4.07. The van der Waals surface area contributed by atoms with Crippen LogP contribution in [-0.2, 0) is 22.2 Å². The molecule has 30 heavy (non-hydrogen) atoms. The maximum Gasteiger partial charge on any atom is 0.257 e. The van der Waals surface area contributed by atoms with Gasteiger partial charge in [-0.3, -0.25) is 9.52 Å². The lowest BCUT2D eigenvalue weighted by Gasteiger charge is -2.16. The molecule has 0 radical (unpaired) electrons. The summed E-state index contributed by atoms with van der Waals surface area (Å²) in [5.74, 6) is 0.412. The van der Waals surface area contributed by atoms with Crippen LogP contribution < -0.4 is 9.46 Å². The van der Waals surface area contributed by atoms with Gasteiger partial charge in [0.05, 0.1) is 4.91 Å². The summed E-state index contributed by atoms with van der Waals surface area (Å²) >= 11 is 6.19. The lowest BCUT2D eigenvalue weighted by molar-refractivity contribution is -0.114. The number of hydrogen-bond acceptors (Lipinski definition) is 3. The van der Waals surface area contributed by atoms with Crippen LogP contribution in [0.5, 0.6) is 5.75 Å². The topological polar surface area (TPSA) is 55.4 Å². The third-order valence-electron chi connectivity index (χ3n) is 5.42. The van der Waals surface area contributed by atoms with Gasteiger partial charge in [0.25, 0.3) is 5.91 Å². The van der Waals surface area contributed by atoms with Gasteiger partial charge in [0, 0.05) is 11.1 Å². The van der Waals surface area contributed by atoms with E-state index >= 15 is 0 Å². The van der Waals surface area contributed by atoms with Crippen molar-refractivity contribution in [3.8, 4) is 16.9 Å². The summed E-state index contributed by atoms with van der Waals surface area (Å²) in [5, 5.41) is 0.728. The van der Waals surface area contributed by atoms with Gasteiger partial charge in [0.15, 0.2) is 11.0 Å². The van der Waals surface area contributed by atoms with Crippen LogP contribution in [0.1, 0.15) is 29.2 Å². The summed E-state index contributed by atoms with van der Waals surface area (Å²) in [6.45, 7) is 0. The van der Waals surface area contributed by atoms with Crippen LogP contribution in [0.4, 0.5) is 0 Å². The minimum Gasteiger partial charge on any atom is -0.486 e. The van der Waals surface area contributed by atoms with Crippen molar-refractivity contribution in [1.82, 2.24) is 4.72 Å². The highest BCUT2D eigenvalue weighted by Gasteiger charge is 2.27. The normalized spacial score (nSPS) is 19.9. The third kappa shape index (κ3) is 3.55. The Kier molecular flexibility index (Phi) is 4.93. The Morgan fingerprint density at radius 3 is 2.53 bits per heavy atom. The molecule has 150 valence electrons. The summed E-state index contributed by atoms with van der Waals surface area (Å²) in [6, 6.07) is 21.6. The Morgan fingerprint density at radius 1 is 1.00 bits per heavy atom. The average molecular weight is 436 g/mol. The lowest BCUT2D eigenvalue weighted by Crippen LogP contribution is -2.16. The van der Waals surface area contributed by atoms with Crippen molar-refractivity contribution < 1.29 is 13.7 Å². The van der Waals surface area contributed by atoms with E-state index in [1.807, 2.05) is 42.5 Å². The highest BCUT2D eigenvalue weighted by atomic mass is 35.5. The first kappa shape index (κ1) is 19.1. The molecule has 1 N–H and O–H groups in total. The number of benzene rings is 3. The average Bonchev–Trinajstić information content (AvgIpc) is 3.31. The van der Waals surface area contributed by atoms with Gasteiger partial charge in [-0.2, -0.15) is 0 Å². The molecule has 3 aromatic carbocycles. The fourth-order valence-corrected chi connectivity index (χ4v) is 5.17. The minimum atomic E-state index is -1.49. The third-order valence-corrected chi connectivity index (χ3v) is 6.80. The van der Waals surface area contributed by atoms with E-state index < -0.39 is 11.0 Å². The molecule has 0 bridgehead atoms. The van der Waals surface area contributed by atoms with Gasteiger partial charge in [0.2, 0.25) is 0 Å². The van der Waals surface area contributed by atoms with E-state index in [1.54, 1.807) is 0 Å². The highest BCUT2D eigenvalue weighted by Crippen LogP contribution is 2.40. The molecule has 0 aromatic heterocycles. The fraction of sp³-hybridized carbons (Fsp3) is 0.125. The van der Waals surface area contributed by atoms with Gasteiger partial charge in [-0.25, -0.2) is 4.21 Å². The van der Waals surface area contributed by atoms with Crippen LogP contribution in [0.15, 0.2) is 72.8 Å². The second-order valence-electron chi connectivity index (χ2n) is 7.30. The van der Waals surface area contributed by atoms with E-state index in [1.165, 1.54) is 22.8 Å². The molecule has 4 nitrogen and oxygen atoms in total. The molecule has 2 atom stereocenters. The van der Waals surface area contributed by atoms with Crippen molar-refractivity contribution in [3.63, 3.8) is 0 Å². The number of amides is 1. The van der Waals surface area contributed by atoms with Crippen LogP contribution in [0, 0.1) is 0 Å². The predicted molar refractivity (Wildman–Crippen MR) is 119 cm³/mol. The summed E-state index contributed by atoms with van der Waals surface area (Å²) < 4.78 is 20.6. The summed E-state index contributed by atoms with van der Waals surface area (Å²) in [5.41, 5.74) is 5.56. The van der Waals surface area contributed by atoms with Gasteiger partial charge in [-0.1, -0.05) is 54.1 Å². The summed E-state index contributed by atoms with van der Waals surface area (Å²) in [7, 11) is -1.49. The minimum absolute atomic E-state index is 0.0203. The molecule has 1 unspecified atom stereocenters. The van der Waals surface area contributed by atoms with E-state index in [0.29, 0.717) is 4.91 Å². The SMILES string of the molecule is O=C1C=C(c2ccc(O[C@@H]3CCc4c(-c5cccc(Cl)c5)cccc43)cc2)S(=O)N1. The second kappa shape index (κ2) is 7.74. The molecular weight excluding hydrogens is 418 g/mol. The number of fused-ring (bicyclic) bond motifs is 1. The van der Waals surface area contributed by atoms with E-state index in [0.717, 1.165) is 34.7 Å². The Balaban J connectivity index is 1.38. The largest absolute Gasteiger partial charge is 0.486 e. The number of carbonyl (C=O) groups excluding carboxylic acids is 1. The molecule has 2 aliphatic rings. The molecule has 1 aliphatic heterocycles. The second-order valence-corrected chi connectivity index (χ2v) is 8.91. The van der Waals surface area contributed by atoms with Crippen LogP contribution in [0.2, 0.25) is 5.02 Å². The highest BCUT2D eigenvalue weighted by molar-refractivity contribution is 7.93. The number of nitrogens with one attached hydrogen (secondary N) is 1. The summed E-state index contributed by atoms with van der Waals surface area (Å²) in [4.78, 5) is 11.9. The van der Waals surface area contributed by atoms with Crippen molar-refractivity contribution in [2.45, 2.75) is 18.9 Å². The lowest BCUT2D eigenvalue weighted by atomic mass is 9.97. The smallest absolute Gasteiger partial charge is 0.257 e. The van der Waals surface area contributed by atoms with Gasteiger partial charge in [0.1, 0.15) is 11.9 Å². The zero-order chi connectivity index (χ0) is 20.7. The first-order valence-corrected chi connectivity index (χ1v) is 11.2. The van der Waals surface area contributed by atoms with Gasteiger partial charge >= 0.3 is 0 Å². The molecule has 0 fully saturated rings. The Morgan fingerprint density at radius 2 is 1.80 bits per heavy atom. The van der Waals surface area contributed by atoms with Crippen LogP contribution >= 0.6 is 11.6 Å². The van der Waals surface area contributed by atoms with Gasteiger partial charge < -0.3 is 4.74 Å². The van der Waals surface area contributed by atoms with Crippen LogP contribution in [-0.4, -0.2) is 10.1 Å². The first-order chi connectivity index (χ1) is 14.6. The number of carbonyl (C=O) groups is 1. The Labute approximate surface area is 182 Å². The van der Waals surface area contributed by atoms with Crippen molar-refractivity contribution in [2.75, 3.05) is 0 Å². The monoisotopic (exact) mass is 435 g/mol. The number of halogens is 1. The molecule has 0 saturated carbocycles. The van der Waals surface area contributed by atoms with Crippen molar-refractivity contribution in [2.24, 2.45) is 0 Å². The van der Waals surface area contributed by atoms with Gasteiger partial charge in [-0.15, -0.1) is 0 Å². The predicted octanol–water partition coefficient (Wildman–Crippen LogP) is 5.21. The summed E-state index contributed by atoms with van der Waals surface area (Å²) in [6.07, 6.45) is 3.20. The zero-order valence-electron chi connectivity index (χ0n) is 15.9. The quantitative estimate of drug-likeness (QED) is 0.612. The standard InChI is InChI=1S/C24H18ClNO3S/c25-17-4-1-3-16(13-17)19-5-2-6-21-20(19)11-12-22(21)29-18-9-7-15(8-10-18)23-14-24(27)26-30(23)28/h1-10,13-14,22H,11-12H2,(H,26,27)/t22-,30?/m1/s1. The van der Waals surface area contributed by atoms with E-state index in [4.69, 9.17) is 16.3 Å². The number of hydrogen-bond donors (Lipinski definition) is 1. The van der Waals surface area contributed by atoms with Crippen molar-refractivity contribution >= 4 is 33.4 Å². The van der Waals surface area contributed by atoms with E-state index in [9.17, 15) is 9.00 Å². The van der Waals surface area contributed by atoms with Crippen LogP contribution in [0.3, 0.4) is 0 Å². The van der Waals surface area contributed by atoms with Crippen molar-refractivity contribution in [3.05, 3.63) is 94.5 Å². The van der Waals surface area contributed by atoms with E-state index in [2.05, 4.69) is 29.0 Å². The van der Waals surface area contributed by atoms with Crippen molar-refractivity contribution in [1.29, 1.82) is 0 Å². The zero-order valence-corrected chi connectivity index (χ0v) is 17.5. The number of ether oxygens (including phenoxy) is 1. The molecule has 5 rings (SSSR count). The molecule has 1 heterocycles. The molecule has 1 amide bonds. The van der Waals surface area contributed by atoms with Crippen LogP contribution in [0.25, 0.3) is 16.0 Å². The Hall–Kier alpha value is -2.89.